The van der Waals surface area contributed by atoms with Gasteiger partial charge in [-0.1, -0.05) is 0 Å². The van der Waals surface area contributed by atoms with Gasteiger partial charge in [-0.25, -0.2) is 9.37 Å². The molecule has 1 fully saturated rings. The third-order valence-corrected chi connectivity index (χ3v) is 4.12. The fraction of sp³-hybridized carbons (Fsp3) is 0.235. The van der Waals surface area contributed by atoms with Crippen LogP contribution in [0.2, 0.25) is 0 Å². The molecular formula is C17H18FN5O2. The normalized spacial score (nSPS) is 14.4. The second kappa shape index (κ2) is 6.86. The molecule has 0 radical (unpaired) electrons. The maximum absolute atomic E-state index is 13.6. The summed E-state index contributed by atoms with van der Waals surface area (Å²) in [6.07, 6.45) is 2.43. The van der Waals surface area contributed by atoms with Crippen LogP contribution < -0.4 is 16.4 Å². The summed E-state index contributed by atoms with van der Waals surface area (Å²) in [5.74, 6) is -1.19. The molecule has 2 heterocycles. The maximum Gasteiger partial charge on any atom is 0.214 e. The molecule has 0 saturated carbocycles. The molecule has 0 atom stereocenters. The molecule has 1 aromatic heterocycles. The molecule has 25 heavy (non-hydrogen) atoms. The summed E-state index contributed by atoms with van der Waals surface area (Å²) in [6.45, 7) is 2.69. The summed E-state index contributed by atoms with van der Waals surface area (Å²) in [4.78, 5) is 19.0. The Balaban J connectivity index is 1.95. The summed E-state index contributed by atoms with van der Waals surface area (Å²) < 4.78 is 18.9. The van der Waals surface area contributed by atoms with Crippen molar-refractivity contribution in [3.63, 3.8) is 0 Å². The van der Waals surface area contributed by atoms with Crippen LogP contribution in [0.1, 0.15) is 21.6 Å². The van der Waals surface area contributed by atoms with E-state index in [1.165, 1.54) is 6.07 Å². The van der Waals surface area contributed by atoms with Gasteiger partial charge >= 0.3 is 0 Å². The van der Waals surface area contributed by atoms with Crippen molar-refractivity contribution in [3.8, 4) is 0 Å². The van der Waals surface area contributed by atoms with Crippen molar-refractivity contribution >= 4 is 29.1 Å². The Morgan fingerprint density at radius 2 is 2.04 bits per heavy atom. The molecule has 5 N–H and O–H groups in total. The summed E-state index contributed by atoms with van der Waals surface area (Å²) in [7, 11) is 0. The van der Waals surface area contributed by atoms with Gasteiger partial charge in [0, 0.05) is 30.4 Å². The number of ether oxygens (including phenoxy) is 1. The molecule has 130 valence electrons. The van der Waals surface area contributed by atoms with E-state index < -0.39 is 11.6 Å². The van der Waals surface area contributed by atoms with E-state index in [1.807, 2.05) is 0 Å². The summed E-state index contributed by atoms with van der Waals surface area (Å²) in [6, 6.07) is 4.06. The molecule has 0 spiro atoms. The molecule has 2 aromatic rings. The summed E-state index contributed by atoms with van der Waals surface area (Å²) in [5, 5.41) is 7.41. The first-order valence-corrected chi connectivity index (χ1v) is 7.74. The molecule has 0 unspecified atom stereocenters. The van der Waals surface area contributed by atoms with Crippen molar-refractivity contribution < 1.29 is 13.9 Å². The van der Waals surface area contributed by atoms with Crippen LogP contribution in [0.5, 0.6) is 0 Å². The fourth-order valence-corrected chi connectivity index (χ4v) is 2.75. The van der Waals surface area contributed by atoms with Gasteiger partial charge in [0.15, 0.2) is 0 Å². The summed E-state index contributed by atoms with van der Waals surface area (Å²) in [5.41, 5.74) is 12.6. The highest BCUT2D eigenvalue weighted by Crippen LogP contribution is 2.25. The number of pyridine rings is 1. The molecule has 8 heteroatoms. The molecule has 0 amide bonds. The number of anilines is 3. The van der Waals surface area contributed by atoms with Gasteiger partial charge in [-0.05, 0) is 18.2 Å². The smallest absolute Gasteiger partial charge is 0.214 e. The Morgan fingerprint density at radius 1 is 1.32 bits per heavy atom. The van der Waals surface area contributed by atoms with Crippen LogP contribution in [-0.4, -0.2) is 43.3 Å². The number of carbonyl (C=O) groups is 1. The number of ketones is 1. The number of hydrogen-bond acceptors (Lipinski definition) is 7. The van der Waals surface area contributed by atoms with Gasteiger partial charge in [-0.3, -0.25) is 4.79 Å². The van der Waals surface area contributed by atoms with E-state index in [1.54, 1.807) is 12.3 Å². The van der Waals surface area contributed by atoms with Crippen LogP contribution in [0, 0.1) is 11.2 Å². The number of morpholine rings is 1. The number of nitrogen functional groups attached to an aromatic ring is 2. The van der Waals surface area contributed by atoms with Gasteiger partial charge in [-0.15, -0.1) is 0 Å². The zero-order chi connectivity index (χ0) is 18.0. The number of aromatic nitrogens is 1. The first-order valence-electron chi connectivity index (χ1n) is 7.74. The van der Waals surface area contributed by atoms with Gasteiger partial charge in [0.1, 0.15) is 11.5 Å². The lowest BCUT2D eigenvalue weighted by molar-refractivity contribution is 0.103. The molecule has 0 bridgehead atoms. The van der Waals surface area contributed by atoms with Gasteiger partial charge in [0.25, 0.3) is 0 Å². The third-order valence-electron chi connectivity index (χ3n) is 4.12. The lowest BCUT2D eigenvalue weighted by Gasteiger charge is -2.28. The predicted molar refractivity (Wildman–Crippen MR) is 93.8 cm³/mol. The number of halogens is 1. The molecule has 1 aliphatic heterocycles. The van der Waals surface area contributed by atoms with E-state index in [2.05, 4.69) is 9.88 Å². The van der Waals surface area contributed by atoms with Gasteiger partial charge in [-0.2, -0.15) is 0 Å². The Hall–Kier alpha value is -3.00. The average molecular weight is 343 g/mol. The molecule has 1 saturated heterocycles. The van der Waals surface area contributed by atoms with Crippen molar-refractivity contribution in [2.75, 3.05) is 42.7 Å². The van der Waals surface area contributed by atoms with E-state index in [9.17, 15) is 9.18 Å². The SMILES string of the molecule is N=Cc1c(C(=O)c2ncc(N3CCOCC3)cc2N)ccc(F)c1N. The minimum absolute atomic E-state index is 0.0171. The number of nitrogens with zero attached hydrogens (tertiary/aromatic N) is 2. The van der Waals surface area contributed by atoms with Crippen molar-refractivity contribution in [2.24, 2.45) is 0 Å². The number of carbonyl (C=O) groups excluding carboxylic acids is 1. The van der Waals surface area contributed by atoms with Gasteiger partial charge in [0.2, 0.25) is 5.78 Å². The second-order valence-corrected chi connectivity index (χ2v) is 5.63. The molecule has 7 nitrogen and oxygen atoms in total. The van der Waals surface area contributed by atoms with Crippen LogP contribution >= 0.6 is 0 Å². The van der Waals surface area contributed by atoms with Crippen LogP contribution in [-0.2, 0) is 4.74 Å². The number of rotatable bonds is 4. The third kappa shape index (κ3) is 3.16. The van der Waals surface area contributed by atoms with Crippen LogP contribution in [0.3, 0.4) is 0 Å². The number of benzene rings is 1. The van der Waals surface area contributed by atoms with Crippen LogP contribution in [0.25, 0.3) is 0 Å². The van der Waals surface area contributed by atoms with E-state index in [0.29, 0.717) is 13.2 Å². The standard InChI is InChI=1S/C17H18FN5O2/c18-13-2-1-11(12(8-19)15(13)21)17(24)16-14(20)7-10(9-22-16)23-3-5-25-6-4-23/h1-2,7-9,19H,3-6,20-21H2. The lowest BCUT2D eigenvalue weighted by atomic mass is 9.99. The second-order valence-electron chi connectivity index (χ2n) is 5.63. The van der Waals surface area contributed by atoms with Crippen molar-refractivity contribution in [2.45, 2.75) is 0 Å². The topological polar surface area (TPSA) is 118 Å². The Morgan fingerprint density at radius 3 is 2.68 bits per heavy atom. The molecule has 0 aliphatic carbocycles. The van der Waals surface area contributed by atoms with Crippen molar-refractivity contribution in [1.82, 2.24) is 4.98 Å². The van der Waals surface area contributed by atoms with Crippen LogP contribution in [0.4, 0.5) is 21.5 Å². The molecular weight excluding hydrogens is 325 g/mol. The first-order chi connectivity index (χ1) is 12.0. The predicted octanol–water partition coefficient (Wildman–Crippen LogP) is 1.45. The van der Waals surface area contributed by atoms with E-state index in [4.69, 9.17) is 21.6 Å². The Kier molecular flexibility index (Phi) is 4.62. The Labute approximate surface area is 143 Å². The molecule has 1 aromatic carbocycles. The minimum Gasteiger partial charge on any atom is -0.397 e. The largest absolute Gasteiger partial charge is 0.397 e. The van der Waals surface area contributed by atoms with E-state index >= 15 is 0 Å². The van der Waals surface area contributed by atoms with E-state index in [-0.39, 0.29) is 28.2 Å². The molecule has 3 rings (SSSR count). The number of nitrogens with one attached hydrogen (secondary N) is 1. The van der Waals surface area contributed by atoms with Crippen molar-refractivity contribution in [3.05, 3.63) is 47.0 Å². The van der Waals surface area contributed by atoms with E-state index in [0.717, 1.165) is 31.1 Å². The van der Waals surface area contributed by atoms with Gasteiger partial charge < -0.3 is 26.5 Å². The highest BCUT2D eigenvalue weighted by atomic mass is 19.1. The van der Waals surface area contributed by atoms with Gasteiger partial charge in [0.05, 0.1) is 36.5 Å². The van der Waals surface area contributed by atoms with Crippen molar-refractivity contribution in [1.29, 1.82) is 5.41 Å². The quantitative estimate of drug-likeness (QED) is 0.439. The minimum atomic E-state index is -0.682. The number of nitrogens with two attached hydrogens (primary N) is 2. The first kappa shape index (κ1) is 16.8. The highest BCUT2D eigenvalue weighted by Gasteiger charge is 2.21. The molecule has 1 aliphatic rings. The Bertz CT molecular complexity index is 834. The number of hydrogen-bond donors (Lipinski definition) is 3. The maximum atomic E-state index is 13.6. The van der Waals surface area contributed by atoms with Crippen LogP contribution in [0.15, 0.2) is 24.4 Å². The zero-order valence-electron chi connectivity index (χ0n) is 13.5. The zero-order valence-corrected chi connectivity index (χ0v) is 13.5. The summed E-state index contributed by atoms with van der Waals surface area (Å²) >= 11 is 0. The average Bonchev–Trinajstić information content (AvgIpc) is 2.64. The highest BCUT2D eigenvalue weighted by molar-refractivity contribution is 6.15. The monoisotopic (exact) mass is 343 g/mol. The fourth-order valence-electron chi connectivity index (χ4n) is 2.75. The lowest BCUT2D eigenvalue weighted by Crippen LogP contribution is -2.36.